The molecule has 0 spiro atoms. The number of anilines is 2. The Kier molecular flexibility index (Phi) is 11.0. The normalized spacial score (nSPS) is 15.6. The summed E-state index contributed by atoms with van der Waals surface area (Å²) >= 11 is 0. The third-order valence-electron chi connectivity index (χ3n) is 12.2. The van der Waals surface area contributed by atoms with Crippen LogP contribution in [0.15, 0.2) is 199 Å². The minimum atomic E-state index is 0.0541. The van der Waals surface area contributed by atoms with Crippen LogP contribution in [0, 0.1) is 0 Å². The fraction of sp³-hybridized carbons (Fsp3) is 0.0862. The largest absolute Gasteiger partial charge is 0.374 e. The summed E-state index contributed by atoms with van der Waals surface area (Å²) in [6, 6.07) is 62.5. The van der Waals surface area contributed by atoms with Crippen molar-refractivity contribution in [1.29, 1.82) is 0 Å². The van der Waals surface area contributed by atoms with Crippen LogP contribution in [0.3, 0.4) is 0 Å². The third-order valence-corrected chi connectivity index (χ3v) is 12.2. The van der Waals surface area contributed by atoms with Crippen LogP contribution in [0.4, 0.5) is 22.7 Å². The van der Waals surface area contributed by atoms with Crippen molar-refractivity contribution >= 4 is 64.3 Å². The van der Waals surface area contributed by atoms with E-state index < -0.39 is 0 Å². The highest BCUT2D eigenvalue weighted by atomic mass is 15.1. The molecule has 2 aliphatic rings. The van der Waals surface area contributed by atoms with Crippen LogP contribution in [-0.2, 0) is 6.42 Å². The first kappa shape index (κ1) is 39.3. The quantitative estimate of drug-likeness (QED) is 0.101. The van der Waals surface area contributed by atoms with Crippen molar-refractivity contribution in [2.24, 2.45) is 4.99 Å². The SMILES string of the molecule is C=Nc1c(/C=C\Cc2cccc(C3C=Cc4ccc(-c5ccc6c(c5)NC(C[N+](=C(C)c5ccccc5)c5ccccc5)C=C6)cc4N3)c2)ccc2ccc(-c3ccccc3)nc12. The number of hydrogen-bond acceptors (Lipinski definition) is 4. The van der Waals surface area contributed by atoms with Crippen LogP contribution < -0.4 is 10.6 Å². The molecule has 3 heterocycles. The molecule has 0 fully saturated rings. The first-order valence-corrected chi connectivity index (χ1v) is 21.7. The number of allylic oxidation sites excluding steroid dienone is 1. The molecule has 0 bridgehead atoms. The summed E-state index contributed by atoms with van der Waals surface area (Å²) in [5.41, 5.74) is 17.8. The summed E-state index contributed by atoms with van der Waals surface area (Å²) in [5.74, 6) is 0. The maximum Gasteiger partial charge on any atom is 0.205 e. The lowest BCUT2D eigenvalue weighted by molar-refractivity contribution is -0.440. The van der Waals surface area contributed by atoms with E-state index in [1.54, 1.807) is 0 Å². The molecule has 0 amide bonds. The van der Waals surface area contributed by atoms with Gasteiger partial charge in [-0.1, -0.05) is 170 Å². The second-order valence-corrected chi connectivity index (χ2v) is 16.2. The van der Waals surface area contributed by atoms with Gasteiger partial charge in [0.05, 0.1) is 22.9 Å². The predicted molar refractivity (Wildman–Crippen MR) is 267 cm³/mol. The van der Waals surface area contributed by atoms with E-state index in [4.69, 9.17) is 4.98 Å². The van der Waals surface area contributed by atoms with Crippen LogP contribution in [0.5, 0.6) is 0 Å². The summed E-state index contributed by atoms with van der Waals surface area (Å²) in [4.78, 5) is 9.45. The number of hydrogen-bond donors (Lipinski definition) is 2. The van der Waals surface area contributed by atoms with E-state index in [-0.39, 0.29) is 12.1 Å². The van der Waals surface area contributed by atoms with E-state index in [2.05, 4.69) is 228 Å². The molecule has 2 unspecified atom stereocenters. The molecule has 0 radical (unpaired) electrons. The lowest BCUT2D eigenvalue weighted by Crippen LogP contribution is -2.32. The summed E-state index contributed by atoms with van der Waals surface area (Å²) < 4.78 is 2.42. The number of pyridine rings is 1. The molecule has 0 aliphatic carbocycles. The molecule has 2 atom stereocenters. The first-order chi connectivity index (χ1) is 31.1. The summed E-state index contributed by atoms with van der Waals surface area (Å²) in [5, 5.41) is 8.76. The smallest absolute Gasteiger partial charge is 0.205 e. The number of fused-ring (bicyclic) bond motifs is 3. The maximum atomic E-state index is 5.01. The highest BCUT2D eigenvalue weighted by Gasteiger charge is 2.23. The topological polar surface area (TPSA) is 52.3 Å². The van der Waals surface area contributed by atoms with Gasteiger partial charge in [-0.05, 0) is 76.9 Å². The second-order valence-electron chi connectivity index (χ2n) is 16.2. The summed E-state index contributed by atoms with van der Waals surface area (Å²) in [6.45, 7) is 6.93. The van der Waals surface area contributed by atoms with Crippen molar-refractivity contribution < 1.29 is 4.58 Å². The van der Waals surface area contributed by atoms with Crippen molar-refractivity contribution in [3.63, 3.8) is 0 Å². The van der Waals surface area contributed by atoms with Gasteiger partial charge in [-0.15, -0.1) is 0 Å². The molecule has 7 aromatic carbocycles. The number of nitrogens with zero attached hydrogens (tertiary/aromatic N) is 3. The molecule has 0 saturated carbocycles. The molecular formula is C58H48N5+. The Hall–Kier alpha value is -7.89. The molecule has 1 aromatic heterocycles. The zero-order valence-electron chi connectivity index (χ0n) is 35.3. The van der Waals surface area contributed by atoms with Gasteiger partial charge in [0.25, 0.3) is 0 Å². The molecule has 0 saturated heterocycles. The van der Waals surface area contributed by atoms with Gasteiger partial charge in [0.1, 0.15) is 6.04 Å². The van der Waals surface area contributed by atoms with E-state index in [0.29, 0.717) is 0 Å². The Balaban J connectivity index is 0.838. The van der Waals surface area contributed by atoms with Gasteiger partial charge in [-0.2, -0.15) is 4.58 Å². The van der Waals surface area contributed by atoms with Crippen LogP contribution in [-0.4, -0.2) is 34.6 Å². The highest BCUT2D eigenvalue weighted by Crippen LogP contribution is 2.37. The minimum absolute atomic E-state index is 0.0541. The molecule has 5 heteroatoms. The van der Waals surface area contributed by atoms with Crippen LogP contribution in [0.1, 0.15) is 46.3 Å². The molecular weight excluding hydrogens is 767 g/mol. The first-order valence-electron chi connectivity index (χ1n) is 21.7. The van der Waals surface area contributed by atoms with Crippen molar-refractivity contribution in [3.05, 3.63) is 228 Å². The Labute approximate surface area is 369 Å². The lowest BCUT2D eigenvalue weighted by Gasteiger charge is -2.24. The number of aliphatic imine (C=N–C) groups is 1. The van der Waals surface area contributed by atoms with Crippen molar-refractivity contribution in [2.75, 3.05) is 17.2 Å². The molecule has 5 nitrogen and oxygen atoms in total. The Morgan fingerprint density at radius 3 is 2.10 bits per heavy atom. The van der Waals surface area contributed by atoms with Crippen molar-refractivity contribution in [2.45, 2.75) is 25.4 Å². The number of para-hydroxylation sites is 1. The predicted octanol–water partition coefficient (Wildman–Crippen LogP) is 14.0. The van der Waals surface area contributed by atoms with Gasteiger partial charge in [0.2, 0.25) is 5.69 Å². The Bertz CT molecular complexity index is 3090. The molecule has 304 valence electrons. The summed E-state index contributed by atoms with van der Waals surface area (Å²) in [6.07, 6.45) is 14.2. The lowest BCUT2D eigenvalue weighted by atomic mass is 9.94. The fourth-order valence-electron chi connectivity index (χ4n) is 8.77. The van der Waals surface area contributed by atoms with Crippen molar-refractivity contribution in [3.8, 4) is 22.4 Å². The number of nitrogens with one attached hydrogen (secondary N) is 2. The minimum Gasteiger partial charge on any atom is -0.374 e. The molecule has 2 aliphatic heterocycles. The van der Waals surface area contributed by atoms with E-state index >= 15 is 0 Å². The number of rotatable bonds is 11. The van der Waals surface area contributed by atoms with Gasteiger partial charge in [0, 0.05) is 52.5 Å². The Morgan fingerprint density at radius 1 is 0.667 bits per heavy atom. The molecule has 10 rings (SSSR count). The zero-order chi connectivity index (χ0) is 42.5. The van der Waals surface area contributed by atoms with Crippen molar-refractivity contribution in [1.82, 2.24) is 4.98 Å². The van der Waals surface area contributed by atoms with Crippen LogP contribution >= 0.6 is 0 Å². The summed E-state index contributed by atoms with van der Waals surface area (Å²) in [7, 11) is 0. The number of aromatic nitrogens is 1. The van der Waals surface area contributed by atoms with Gasteiger partial charge < -0.3 is 10.6 Å². The third kappa shape index (κ3) is 8.42. The van der Waals surface area contributed by atoms with E-state index in [1.807, 2.05) is 18.2 Å². The van der Waals surface area contributed by atoms with Gasteiger partial charge >= 0.3 is 0 Å². The average Bonchev–Trinajstić information content (AvgIpc) is 3.35. The van der Waals surface area contributed by atoms with E-state index in [0.717, 1.165) is 57.8 Å². The molecule has 8 aromatic rings. The molecule has 63 heavy (non-hydrogen) atoms. The van der Waals surface area contributed by atoms with E-state index in [1.165, 1.54) is 50.3 Å². The second kappa shape index (κ2) is 17.6. The standard InChI is InChI=1S/C58H48N5/c1-40(42-16-6-3-7-17-42)63(52-22-10-5-11-23-52)39-51-33-30-44-24-28-48(37-55(44)60-51)49-29-25-45-31-34-54(61-56(45)38-49)50-21-13-15-41(36-50)14-12-20-46-26-27-47-32-35-53(43-18-8-4-9-19-43)62-58(47)57(46)59-2/h3-13,15-38,51,54,60-61H,2,14,39H2,1H3/q+1/b20-12-,63-40?. The van der Waals surface area contributed by atoms with Crippen LogP contribution in [0.2, 0.25) is 0 Å². The van der Waals surface area contributed by atoms with Gasteiger partial charge in [-0.25, -0.2) is 4.98 Å². The average molecular weight is 815 g/mol. The van der Waals surface area contributed by atoms with Crippen LogP contribution in [0.25, 0.3) is 51.5 Å². The maximum absolute atomic E-state index is 5.01. The highest BCUT2D eigenvalue weighted by molar-refractivity contribution is 5.96. The van der Waals surface area contributed by atoms with Gasteiger partial charge in [0.15, 0.2) is 12.3 Å². The van der Waals surface area contributed by atoms with Gasteiger partial charge in [-0.3, -0.25) is 4.99 Å². The number of benzene rings is 7. The van der Waals surface area contributed by atoms with E-state index in [9.17, 15) is 0 Å². The Morgan fingerprint density at radius 2 is 1.35 bits per heavy atom. The fourth-order valence-corrected chi connectivity index (χ4v) is 8.77. The monoisotopic (exact) mass is 814 g/mol. The molecule has 2 N–H and O–H groups in total. The zero-order valence-corrected chi connectivity index (χ0v) is 35.3.